The lowest BCUT2D eigenvalue weighted by molar-refractivity contribution is -0.141. The van der Waals surface area contributed by atoms with Crippen LogP contribution in [-0.2, 0) is 27.5 Å². The quantitative estimate of drug-likeness (QED) is 0.324. The fraction of sp³-hybridized carbons (Fsp3) is 0.182. The van der Waals surface area contributed by atoms with Gasteiger partial charge in [0.1, 0.15) is 23.8 Å². The first-order valence-electron chi connectivity index (χ1n) is 9.24. The fourth-order valence-corrected chi connectivity index (χ4v) is 3.15. The van der Waals surface area contributed by atoms with E-state index in [1.165, 1.54) is 12.1 Å². The molecular formula is C22H17F4N3O4S. The van der Waals surface area contributed by atoms with Crippen LogP contribution in [0.5, 0.6) is 0 Å². The van der Waals surface area contributed by atoms with Gasteiger partial charge in [-0.25, -0.2) is 17.8 Å². The Hall–Kier alpha value is -3.87. The maximum Gasteiger partial charge on any atom is 0.433 e. The molecule has 0 fully saturated rings. The summed E-state index contributed by atoms with van der Waals surface area (Å²) < 4.78 is 77.7. The summed E-state index contributed by atoms with van der Waals surface area (Å²) in [4.78, 5) is 15.5. The normalized spacial score (nSPS) is 11.4. The molecule has 12 heteroatoms. The average molecular weight is 495 g/mol. The van der Waals surface area contributed by atoms with Crippen LogP contribution in [0.1, 0.15) is 28.1 Å². The summed E-state index contributed by atoms with van der Waals surface area (Å²) in [6.07, 6.45) is 3.63. The van der Waals surface area contributed by atoms with Crippen molar-refractivity contribution in [2.24, 2.45) is 0 Å². The number of pyridine rings is 1. The first-order chi connectivity index (χ1) is 15.8. The molecule has 1 aromatic heterocycles. The van der Waals surface area contributed by atoms with Crippen molar-refractivity contribution in [3.63, 3.8) is 0 Å². The van der Waals surface area contributed by atoms with Crippen molar-refractivity contribution in [3.05, 3.63) is 64.2 Å². The van der Waals surface area contributed by atoms with Gasteiger partial charge in [0, 0.05) is 18.2 Å². The fourth-order valence-electron chi connectivity index (χ4n) is 2.57. The number of carbonyl (C=O) groups excluding carboxylic acids is 1. The van der Waals surface area contributed by atoms with Gasteiger partial charge in [-0.05, 0) is 41.8 Å². The highest BCUT2D eigenvalue weighted by atomic mass is 32.2. The van der Waals surface area contributed by atoms with E-state index in [2.05, 4.69) is 28.1 Å². The molecule has 1 amide bonds. The maximum absolute atomic E-state index is 14.3. The minimum absolute atomic E-state index is 0.0758. The molecular weight excluding hydrogens is 478 g/mol. The van der Waals surface area contributed by atoms with Crippen LogP contribution in [0.2, 0.25) is 0 Å². The Labute approximate surface area is 193 Å². The Kier molecular flexibility index (Phi) is 8.41. The van der Waals surface area contributed by atoms with Crippen LogP contribution >= 0.6 is 0 Å². The van der Waals surface area contributed by atoms with Crippen LogP contribution < -0.4 is 10.0 Å². The van der Waals surface area contributed by atoms with Crippen molar-refractivity contribution in [3.8, 4) is 24.2 Å². The number of carbonyl (C=O) groups is 1. The Balaban J connectivity index is 2.19. The molecule has 7 nitrogen and oxygen atoms in total. The highest BCUT2D eigenvalue weighted by molar-refractivity contribution is 7.92. The molecule has 1 heterocycles. The van der Waals surface area contributed by atoms with Crippen LogP contribution in [0.3, 0.4) is 0 Å². The van der Waals surface area contributed by atoms with Crippen molar-refractivity contribution >= 4 is 27.7 Å². The van der Waals surface area contributed by atoms with Crippen molar-refractivity contribution in [1.29, 1.82) is 0 Å². The highest BCUT2D eigenvalue weighted by Gasteiger charge is 2.32. The van der Waals surface area contributed by atoms with E-state index in [0.717, 1.165) is 30.5 Å². The SMILES string of the molecule is C#Cc1cc(CNC(=O)/C=C/c2ccc(C(F)(F)F)nc2C#CCO)cc(F)c1NS(C)(=O)=O. The van der Waals surface area contributed by atoms with E-state index < -0.39 is 45.9 Å². The van der Waals surface area contributed by atoms with E-state index in [1.807, 2.05) is 4.72 Å². The van der Waals surface area contributed by atoms with E-state index in [4.69, 9.17) is 11.5 Å². The number of halogens is 4. The molecule has 1 aromatic carbocycles. The number of sulfonamides is 1. The molecule has 0 atom stereocenters. The van der Waals surface area contributed by atoms with Crippen LogP contribution in [0.25, 0.3) is 6.08 Å². The number of anilines is 1. The second kappa shape index (κ2) is 10.8. The maximum atomic E-state index is 14.3. The van der Waals surface area contributed by atoms with Gasteiger partial charge in [-0.3, -0.25) is 9.52 Å². The third kappa shape index (κ3) is 7.62. The number of rotatable bonds is 6. The van der Waals surface area contributed by atoms with Gasteiger partial charge in [0.15, 0.2) is 0 Å². The molecule has 34 heavy (non-hydrogen) atoms. The van der Waals surface area contributed by atoms with Crippen molar-refractivity contribution < 1.29 is 35.9 Å². The first kappa shape index (κ1) is 26.4. The summed E-state index contributed by atoms with van der Waals surface area (Å²) in [5, 5.41) is 11.2. The largest absolute Gasteiger partial charge is 0.433 e. The third-order valence-corrected chi connectivity index (χ3v) is 4.55. The lowest BCUT2D eigenvalue weighted by Gasteiger charge is -2.11. The summed E-state index contributed by atoms with van der Waals surface area (Å²) >= 11 is 0. The topological polar surface area (TPSA) is 108 Å². The standard InChI is InChI=1S/C22H17F4N3O4S/c1-3-15-11-14(12-17(23)21(15)29-34(2,32)33)13-27-20(31)9-7-16-6-8-19(22(24,25)26)28-18(16)5-4-10-30/h1,6-9,11-12,29-30H,10,13H2,2H3,(H,27,31)/b9-7+. The average Bonchev–Trinajstić information content (AvgIpc) is 2.75. The first-order valence-corrected chi connectivity index (χ1v) is 11.1. The second-order valence-electron chi connectivity index (χ2n) is 6.66. The van der Waals surface area contributed by atoms with E-state index in [9.17, 15) is 30.8 Å². The van der Waals surface area contributed by atoms with Gasteiger partial charge in [-0.15, -0.1) is 6.42 Å². The number of hydrogen-bond donors (Lipinski definition) is 3. The zero-order chi connectivity index (χ0) is 25.5. The lowest BCUT2D eigenvalue weighted by Crippen LogP contribution is -2.21. The Morgan fingerprint density at radius 1 is 1.29 bits per heavy atom. The Morgan fingerprint density at radius 3 is 2.59 bits per heavy atom. The van der Waals surface area contributed by atoms with Crippen molar-refractivity contribution in [1.82, 2.24) is 10.3 Å². The number of aliphatic hydroxyl groups is 1. The molecule has 0 aliphatic rings. The Bertz CT molecular complexity index is 1330. The van der Waals surface area contributed by atoms with Gasteiger partial charge < -0.3 is 10.4 Å². The summed E-state index contributed by atoms with van der Waals surface area (Å²) in [6.45, 7) is -0.785. The number of nitrogens with zero attached hydrogens (tertiary/aromatic N) is 1. The zero-order valence-corrected chi connectivity index (χ0v) is 18.3. The van der Waals surface area contributed by atoms with Crippen molar-refractivity contribution in [2.45, 2.75) is 12.7 Å². The highest BCUT2D eigenvalue weighted by Crippen LogP contribution is 2.28. The number of aliphatic hydroxyl groups excluding tert-OH is 1. The number of aromatic nitrogens is 1. The molecule has 0 bridgehead atoms. The molecule has 0 saturated carbocycles. The minimum atomic E-state index is -4.70. The molecule has 0 unspecified atom stereocenters. The van der Waals surface area contributed by atoms with E-state index >= 15 is 0 Å². The van der Waals surface area contributed by atoms with Gasteiger partial charge in [0.05, 0.1) is 17.5 Å². The number of amides is 1. The van der Waals surface area contributed by atoms with Gasteiger partial charge in [0.2, 0.25) is 15.9 Å². The van der Waals surface area contributed by atoms with E-state index in [0.29, 0.717) is 0 Å². The summed E-state index contributed by atoms with van der Waals surface area (Å²) in [6, 6.07) is 4.09. The zero-order valence-electron chi connectivity index (χ0n) is 17.5. The molecule has 0 aliphatic heterocycles. The van der Waals surface area contributed by atoms with E-state index in [1.54, 1.807) is 0 Å². The smallest absolute Gasteiger partial charge is 0.384 e. The second-order valence-corrected chi connectivity index (χ2v) is 8.41. The van der Waals surface area contributed by atoms with Gasteiger partial charge in [0.25, 0.3) is 0 Å². The van der Waals surface area contributed by atoms with Crippen molar-refractivity contribution in [2.75, 3.05) is 17.6 Å². The van der Waals surface area contributed by atoms with Crippen LogP contribution in [0, 0.1) is 30.0 Å². The summed E-state index contributed by atoms with van der Waals surface area (Å²) in [5.74, 6) is 5.03. The third-order valence-electron chi connectivity index (χ3n) is 3.98. The van der Waals surface area contributed by atoms with Gasteiger partial charge in [-0.1, -0.05) is 11.8 Å². The van der Waals surface area contributed by atoms with Gasteiger partial charge in [-0.2, -0.15) is 13.2 Å². The van der Waals surface area contributed by atoms with Crippen LogP contribution in [0.4, 0.5) is 23.2 Å². The number of terminal acetylenes is 1. The van der Waals surface area contributed by atoms with Crippen LogP contribution in [0.15, 0.2) is 30.3 Å². The number of benzene rings is 1. The molecule has 2 rings (SSSR count). The number of nitrogens with one attached hydrogen (secondary N) is 2. The van der Waals surface area contributed by atoms with Crippen LogP contribution in [-0.4, -0.2) is 37.3 Å². The number of hydrogen-bond acceptors (Lipinski definition) is 5. The predicted octanol–water partition coefficient (Wildman–Crippen LogP) is 2.27. The molecule has 0 saturated heterocycles. The predicted molar refractivity (Wildman–Crippen MR) is 117 cm³/mol. The lowest BCUT2D eigenvalue weighted by atomic mass is 10.1. The van der Waals surface area contributed by atoms with Gasteiger partial charge >= 0.3 is 6.18 Å². The molecule has 3 N–H and O–H groups in total. The summed E-state index contributed by atoms with van der Waals surface area (Å²) in [7, 11) is -3.78. The number of alkyl halides is 3. The monoisotopic (exact) mass is 495 g/mol. The Morgan fingerprint density at radius 2 is 2.00 bits per heavy atom. The molecule has 178 valence electrons. The minimum Gasteiger partial charge on any atom is -0.384 e. The van der Waals surface area contributed by atoms with E-state index in [-0.39, 0.29) is 28.9 Å². The molecule has 0 spiro atoms. The molecule has 0 aliphatic carbocycles. The molecule has 0 radical (unpaired) electrons. The summed E-state index contributed by atoms with van der Waals surface area (Å²) in [5.41, 5.74) is -1.61. The molecule has 2 aromatic rings.